The van der Waals surface area contributed by atoms with Gasteiger partial charge >= 0.3 is 0 Å². The number of fused-ring (bicyclic) bond motifs is 1. The number of nitrogens with zero attached hydrogens (tertiary/aromatic N) is 1. The summed E-state index contributed by atoms with van der Waals surface area (Å²) in [5.74, 6) is 1.24. The first-order valence-electron chi connectivity index (χ1n) is 10.5. The number of carbonyl (C=O) groups excluding carboxylic acids is 1. The normalized spacial score (nSPS) is 14.4. The maximum absolute atomic E-state index is 13.1. The fourth-order valence-electron chi connectivity index (χ4n) is 3.87. The summed E-state index contributed by atoms with van der Waals surface area (Å²) in [6.45, 7) is 5.03. The Morgan fingerprint density at radius 3 is 2.68 bits per heavy atom. The van der Waals surface area contributed by atoms with Gasteiger partial charge in [-0.2, -0.15) is 0 Å². The Morgan fingerprint density at radius 2 is 1.90 bits per heavy atom. The number of hydrogen-bond donors (Lipinski definition) is 2. The highest BCUT2D eigenvalue weighted by Gasteiger charge is 2.18. The Kier molecular flexibility index (Phi) is 6.64. The molecule has 1 aromatic heterocycles. The van der Waals surface area contributed by atoms with Gasteiger partial charge in [0.2, 0.25) is 0 Å². The van der Waals surface area contributed by atoms with Gasteiger partial charge in [0.1, 0.15) is 24.6 Å². The van der Waals surface area contributed by atoms with Crippen LogP contribution in [0.2, 0.25) is 0 Å². The zero-order valence-electron chi connectivity index (χ0n) is 17.9. The molecule has 2 N–H and O–H groups in total. The largest absolute Gasteiger partial charge is 0.497 e. The van der Waals surface area contributed by atoms with Gasteiger partial charge in [-0.05, 0) is 24.3 Å². The van der Waals surface area contributed by atoms with Gasteiger partial charge in [0, 0.05) is 17.0 Å². The summed E-state index contributed by atoms with van der Waals surface area (Å²) in [6, 6.07) is 15.1. The van der Waals surface area contributed by atoms with Gasteiger partial charge in [-0.15, -0.1) is 0 Å². The molecule has 0 bridgehead atoms. The van der Waals surface area contributed by atoms with E-state index in [0.717, 1.165) is 49.3 Å². The quantitative estimate of drug-likeness (QED) is 0.605. The topological polar surface area (TPSA) is 74.1 Å². The molecule has 1 aliphatic heterocycles. The number of nitrogens with one attached hydrogen (secondary N) is 2. The lowest BCUT2D eigenvalue weighted by atomic mass is 10.0. The number of hydrogen-bond acceptors (Lipinski definition) is 5. The third-order valence-electron chi connectivity index (χ3n) is 5.61. The highest BCUT2D eigenvalue weighted by atomic mass is 16.5. The van der Waals surface area contributed by atoms with Crippen LogP contribution in [0.1, 0.15) is 10.4 Å². The van der Waals surface area contributed by atoms with Gasteiger partial charge < -0.3 is 24.4 Å². The molecular weight excluding hydrogens is 394 g/mol. The van der Waals surface area contributed by atoms with Crippen LogP contribution in [0.4, 0.5) is 0 Å². The van der Waals surface area contributed by atoms with Crippen LogP contribution in [0, 0.1) is 0 Å². The van der Waals surface area contributed by atoms with Crippen molar-refractivity contribution in [1.29, 1.82) is 0 Å². The molecule has 3 aromatic rings. The van der Waals surface area contributed by atoms with Gasteiger partial charge in [0.15, 0.2) is 0 Å². The van der Waals surface area contributed by atoms with Crippen LogP contribution in [0.25, 0.3) is 22.2 Å². The van der Waals surface area contributed by atoms with Gasteiger partial charge in [0.25, 0.3) is 5.91 Å². The summed E-state index contributed by atoms with van der Waals surface area (Å²) in [5.41, 5.74) is 2.86. The predicted octanol–water partition coefficient (Wildman–Crippen LogP) is 1.56. The average molecular weight is 423 g/mol. The van der Waals surface area contributed by atoms with E-state index in [1.165, 1.54) is 4.90 Å². The molecule has 0 atom stereocenters. The molecule has 0 saturated carbocycles. The van der Waals surface area contributed by atoms with Crippen LogP contribution in [-0.4, -0.2) is 64.5 Å². The van der Waals surface area contributed by atoms with E-state index in [1.807, 2.05) is 48.5 Å². The molecule has 31 heavy (non-hydrogen) atoms. The third-order valence-corrected chi connectivity index (χ3v) is 5.61. The first kappa shape index (κ1) is 21.1. The molecular formula is C24H28N3O4+. The molecule has 0 radical (unpaired) electrons. The molecule has 4 rings (SSSR count). The van der Waals surface area contributed by atoms with Crippen LogP contribution >= 0.6 is 0 Å². The first-order chi connectivity index (χ1) is 15.2. The van der Waals surface area contributed by atoms with Crippen LogP contribution in [0.15, 0.2) is 48.5 Å². The summed E-state index contributed by atoms with van der Waals surface area (Å²) >= 11 is 0. The molecule has 2 aromatic carbocycles. The number of rotatable bonds is 7. The second-order valence-electron chi connectivity index (χ2n) is 7.51. The Labute approximate surface area is 181 Å². The van der Waals surface area contributed by atoms with E-state index in [0.29, 0.717) is 29.3 Å². The Hall–Kier alpha value is -3.16. The van der Waals surface area contributed by atoms with E-state index >= 15 is 0 Å². The number of quaternary nitrogens is 1. The maximum atomic E-state index is 13.1. The Morgan fingerprint density at radius 1 is 1.10 bits per heavy atom. The third kappa shape index (κ3) is 4.78. The number of benzene rings is 2. The second-order valence-corrected chi connectivity index (χ2v) is 7.51. The van der Waals surface area contributed by atoms with Crippen molar-refractivity contribution < 1.29 is 23.9 Å². The highest BCUT2D eigenvalue weighted by Crippen LogP contribution is 2.34. The van der Waals surface area contributed by atoms with Crippen LogP contribution in [-0.2, 0) is 4.74 Å². The molecule has 1 amide bonds. The van der Waals surface area contributed by atoms with Crippen molar-refractivity contribution in [3.63, 3.8) is 0 Å². The van der Waals surface area contributed by atoms with Crippen LogP contribution < -0.4 is 19.7 Å². The molecule has 0 aliphatic carbocycles. The summed E-state index contributed by atoms with van der Waals surface area (Å²) in [4.78, 5) is 19.4. The second kappa shape index (κ2) is 9.76. The van der Waals surface area contributed by atoms with Crippen LogP contribution in [0.3, 0.4) is 0 Å². The van der Waals surface area contributed by atoms with E-state index in [9.17, 15) is 4.79 Å². The smallest absolute Gasteiger partial charge is 0.252 e. The lowest BCUT2D eigenvalue weighted by Gasteiger charge is -2.23. The van der Waals surface area contributed by atoms with Crippen molar-refractivity contribution >= 4 is 16.8 Å². The van der Waals surface area contributed by atoms with Crippen molar-refractivity contribution in [3.05, 3.63) is 54.1 Å². The lowest BCUT2D eigenvalue weighted by Crippen LogP contribution is -3.14. The summed E-state index contributed by atoms with van der Waals surface area (Å²) < 4.78 is 16.3. The number of methoxy groups -OCH3 is 2. The van der Waals surface area contributed by atoms with E-state index in [4.69, 9.17) is 19.2 Å². The zero-order chi connectivity index (χ0) is 21.6. The minimum Gasteiger partial charge on any atom is -0.497 e. The minimum atomic E-state index is -0.0972. The molecule has 1 aliphatic rings. The van der Waals surface area contributed by atoms with E-state index in [1.54, 1.807) is 14.2 Å². The summed E-state index contributed by atoms with van der Waals surface area (Å²) in [7, 11) is 3.23. The Balaban J connectivity index is 1.63. The molecule has 2 heterocycles. The lowest BCUT2D eigenvalue weighted by molar-refractivity contribution is -0.906. The van der Waals surface area contributed by atoms with Crippen molar-refractivity contribution in [1.82, 2.24) is 10.3 Å². The Bertz CT molecular complexity index is 1060. The number of para-hydroxylation sites is 1. The standard InChI is InChI=1S/C24H27N3O4/c1-29-17-7-8-19(23(15-17)30-2)22-16-20(18-5-3-4-6-21(18)26-22)24(28)25-9-10-27-11-13-31-14-12-27/h3-8,15-16H,9-14H2,1-2H3,(H,25,28)/p+1. The number of carbonyl (C=O) groups is 1. The summed E-state index contributed by atoms with van der Waals surface area (Å²) in [6.07, 6.45) is 0. The van der Waals surface area contributed by atoms with E-state index in [2.05, 4.69) is 5.32 Å². The number of aromatic nitrogens is 1. The van der Waals surface area contributed by atoms with Crippen molar-refractivity contribution in [2.24, 2.45) is 0 Å². The molecule has 0 spiro atoms. The van der Waals surface area contributed by atoms with Gasteiger partial charge in [-0.25, -0.2) is 4.98 Å². The fourth-order valence-corrected chi connectivity index (χ4v) is 3.87. The number of ether oxygens (including phenoxy) is 3. The number of amides is 1. The molecule has 162 valence electrons. The molecule has 0 unspecified atom stereocenters. The van der Waals surface area contributed by atoms with Crippen molar-refractivity contribution in [2.45, 2.75) is 0 Å². The number of pyridine rings is 1. The monoisotopic (exact) mass is 422 g/mol. The van der Waals surface area contributed by atoms with E-state index in [-0.39, 0.29) is 5.91 Å². The average Bonchev–Trinajstić information content (AvgIpc) is 2.83. The highest BCUT2D eigenvalue weighted by molar-refractivity contribution is 6.07. The van der Waals surface area contributed by atoms with Crippen LogP contribution in [0.5, 0.6) is 11.5 Å². The molecule has 7 nitrogen and oxygen atoms in total. The minimum absolute atomic E-state index is 0.0972. The molecule has 7 heteroatoms. The fraction of sp³-hybridized carbons (Fsp3) is 0.333. The first-order valence-corrected chi connectivity index (χ1v) is 10.5. The molecule has 1 fully saturated rings. The summed E-state index contributed by atoms with van der Waals surface area (Å²) in [5, 5.41) is 3.91. The van der Waals surface area contributed by atoms with Crippen molar-refractivity contribution in [2.75, 3.05) is 53.6 Å². The number of morpholine rings is 1. The van der Waals surface area contributed by atoms with Gasteiger partial charge in [-0.1, -0.05) is 18.2 Å². The van der Waals surface area contributed by atoms with Gasteiger partial charge in [0.05, 0.1) is 57.3 Å². The molecule has 1 saturated heterocycles. The van der Waals surface area contributed by atoms with Gasteiger partial charge in [-0.3, -0.25) is 4.79 Å². The zero-order valence-corrected chi connectivity index (χ0v) is 17.9. The predicted molar refractivity (Wildman–Crippen MR) is 119 cm³/mol. The maximum Gasteiger partial charge on any atom is 0.252 e. The van der Waals surface area contributed by atoms with E-state index < -0.39 is 0 Å². The SMILES string of the molecule is COc1ccc(-c2cc(C(=O)NCC[NH+]3CCOCC3)c3ccccc3n2)c(OC)c1. The van der Waals surface area contributed by atoms with Crippen molar-refractivity contribution in [3.8, 4) is 22.8 Å².